The minimum Gasteiger partial charge on any atom is -0.505 e. The summed E-state index contributed by atoms with van der Waals surface area (Å²) in [6, 6.07) is 14.2. The van der Waals surface area contributed by atoms with Crippen molar-refractivity contribution < 1.29 is 14.6 Å². The first-order valence-corrected chi connectivity index (χ1v) is 9.20. The zero-order valence-corrected chi connectivity index (χ0v) is 16.6. The summed E-state index contributed by atoms with van der Waals surface area (Å²) >= 11 is 0. The van der Waals surface area contributed by atoms with Gasteiger partial charge in [-0.15, -0.1) is 0 Å². The second kappa shape index (κ2) is 9.01. The van der Waals surface area contributed by atoms with Crippen LogP contribution >= 0.6 is 0 Å². The number of phenols is 1. The number of aromatic nitrogens is 1. The molecule has 2 aromatic carbocycles. The molecular formula is C23H23N3O3. The van der Waals surface area contributed by atoms with Crippen molar-refractivity contribution in [2.24, 2.45) is 4.99 Å². The van der Waals surface area contributed by atoms with Gasteiger partial charge in [0.15, 0.2) is 0 Å². The van der Waals surface area contributed by atoms with E-state index in [9.17, 15) is 9.90 Å². The summed E-state index contributed by atoms with van der Waals surface area (Å²) in [6.07, 6.45) is 5.39. The Kier molecular flexibility index (Phi) is 6.24. The summed E-state index contributed by atoms with van der Waals surface area (Å²) < 4.78 is 4.77. The number of methoxy groups -OCH3 is 1. The van der Waals surface area contributed by atoms with Gasteiger partial charge in [-0.3, -0.25) is 9.98 Å². The van der Waals surface area contributed by atoms with E-state index in [2.05, 4.69) is 15.3 Å². The Morgan fingerprint density at radius 2 is 1.97 bits per heavy atom. The lowest BCUT2D eigenvalue weighted by molar-refractivity contribution is 0.0600. The van der Waals surface area contributed by atoms with Crippen LogP contribution in [-0.4, -0.2) is 36.1 Å². The van der Waals surface area contributed by atoms with E-state index in [1.165, 1.54) is 7.11 Å². The molecule has 3 rings (SSSR count). The fourth-order valence-corrected chi connectivity index (χ4v) is 3.14. The molecule has 0 aliphatic heterocycles. The van der Waals surface area contributed by atoms with Crippen LogP contribution in [-0.2, 0) is 4.74 Å². The molecule has 0 bridgehead atoms. The third-order valence-corrected chi connectivity index (χ3v) is 4.61. The number of hydrogen-bond donors (Lipinski definition) is 2. The SMILES string of the molecule is C/C=C\C(=NC)NC(c1ccc(C(=O)OC)cc1)c1ccc2cccnc2c1O. The van der Waals surface area contributed by atoms with Gasteiger partial charge in [0.1, 0.15) is 17.1 Å². The smallest absolute Gasteiger partial charge is 0.337 e. The Morgan fingerprint density at radius 3 is 2.62 bits per heavy atom. The average molecular weight is 389 g/mol. The van der Waals surface area contributed by atoms with Crippen LogP contribution in [0.1, 0.15) is 34.5 Å². The van der Waals surface area contributed by atoms with Gasteiger partial charge in [0.2, 0.25) is 0 Å². The van der Waals surface area contributed by atoms with Gasteiger partial charge in [-0.25, -0.2) is 4.79 Å². The Balaban J connectivity index is 2.11. The highest BCUT2D eigenvalue weighted by Crippen LogP contribution is 2.34. The van der Waals surface area contributed by atoms with Crippen LogP contribution in [0.15, 0.2) is 71.9 Å². The molecule has 1 atom stereocenters. The van der Waals surface area contributed by atoms with Gasteiger partial charge in [-0.05, 0) is 36.8 Å². The third kappa shape index (κ3) is 4.27. The molecule has 3 aromatic rings. The van der Waals surface area contributed by atoms with E-state index in [1.807, 2.05) is 55.5 Å². The summed E-state index contributed by atoms with van der Waals surface area (Å²) in [5.74, 6) is 0.368. The lowest BCUT2D eigenvalue weighted by Gasteiger charge is -2.22. The third-order valence-electron chi connectivity index (χ3n) is 4.61. The molecular weight excluding hydrogens is 366 g/mol. The van der Waals surface area contributed by atoms with Gasteiger partial charge < -0.3 is 15.2 Å². The molecule has 1 aromatic heterocycles. The van der Waals surface area contributed by atoms with Crippen LogP contribution < -0.4 is 5.32 Å². The number of nitrogens with zero attached hydrogens (tertiary/aromatic N) is 2. The van der Waals surface area contributed by atoms with Gasteiger partial charge in [-0.2, -0.15) is 0 Å². The quantitative estimate of drug-likeness (QED) is 0.391. The number of carbonyl (C=O) groups is 1. The van der Waals surface area contributed by atoms with Crippen LogP contribution in [0, 0.1) is 0 Å². The highest BCUT2D eigenvalue weighted by atomic mass is 16.5. The maximum atomic E-state index is 11.8. The first kappa shape index (κ1) is 20.1. The largest absolute Gasteiger partial charge is 0.505 e. The number of phenolic OH excluding ortho intramolecular Hbond substituents is 1. The van der Waals surface area contributed by atoms with Crippen molar-refractivity contribution in [1.82, 2.24) is 10.3 Å². The standard InChI is InChI=1S/C23H23N3O3/c1-4-6-19(24-2)26-20(16-8-10-17(11-9-16)23(28)29-3)18-13-12-15-7-5-14-25-21(15)22(18)27/h4-14,20,27H,1-3H3,(H,24,26)/b6-4-. The summed E-state index contributed by atoms with van der Waals surface area (Å²) in [5.41, 5.74) is 2.50. The van der Waals surface area contributed by atoms with Crippen molar-refractivity contribution in [2.75, 3.05) is 14.2 Å². The van der Waals surface area contributed by atoms with Gasteiger partial charge in [-0.1, -0.05) is 36.4 Å². The number of allylic oxidation sites excluding steroid dienone is 1. The number of fused-ring (bicyclic) bond motifs is 1. The van der Waals surface area contributed by atoms with Crippen molar-refractivity contribution >= 4 is 22.7 Å². The van der Waals surface area contributed by atoms with E-state index in [1.54, 1.807) is 25.4 Å². The van der Waals surface area contributed by atoms with Crippen LogP contribution in [0.5, 0.6) is 5.75 Å². The minimum absolute atomic E-state index is 0.105. The first-order valence-electron chi connectivity index (χ1n) is 9.20. The van der Waals surface area contributed by atoms with Gasteiger partial charge in [0.05, 0.1) is 18.7 Å². The topological polar surface area (TPSA) is 83.8 Å². The highest BCUT2D eigenvalue weighted by molar-refractivity contribution is 5.94. The number of rotatable bonds is 5. The molecule has 0 spiro atoms. The number of esters is 1. The lowest BCUT2D eigenvalue weighted by atomic mass is 9.95. The summed E-state index contributed by atoms with van der Waals surface area (Å²) in [5, 5.41) is 15.2. The van der Waals surface area contributed by atoms with E-state index in [0.29, 0.717) is 22.5 Å². The minimum atomic E-state index is -0.400. The van der Waals surface area contributed by atoms with Crippen LogP contribution in [0.25, 0.3) is 10.9 Å². The molecule has 0 saturated heterocycles. The van der Waals surface area contributed by atoms with Crippen molar-refractivity contribution in [3.63, 3.8) is 0 Å². The van der Waals surface area contributed by atoms with E-state index in [4.69, 9.17) is 4.74 Å². The van der Waals surface area contributed by atoms with E-state index < -0.39 is 12.0 Å². The highest BCUT2D eigenvalue weighted by Gasteiger charge is 2.21. The van der Waals surface area contributed by atoms with Crippen molar-refractivity contribution in [3.8, 4) is 5.75 Å². The number of aliphatic imine (C=N–C) groups is 1. The molecule has 29 heavy (non-hydrogen) atoms. The van der Waals surface area contributed by atoms with Gasteiger partial charge in [0.25, 0.3) is 0 Å². The first-order chi connectivity index (χ1) is 14.1. The number of pyridine rings is 1. The average Bonchev–Trinajstić information content (AvgIpc) is 2.77. The van der Waals surface area contributed by atoms with Crippen LogP contribution in [0.3, 0.4) is 0 Å². The number of nitrogens with one attached hydrogen (secondary N) is 1. The van der Waals surface area contributed by atoms with Crippen LogP contribution in [0.2, 0.25) is 0 Å². The molecule has 2 N–H and O–H groups in total. The Labute approximate surface area is 169 Å². The number of amidine groups is 1. The Morgan fingerprint density at radius 1 is 1.21 bits per heavy atom. The zero-order chi connectivity index (χ0) is 20.8. The second-order valence-corrected chi connectivity index (χ2v) is 6.38. The summed E-state index contributed by atoms with van der Waals surface area (Å²) in [4.78, 5) is 20.3. The van der Waals surface area contributed by atoms with Crippen molar-refractivity contribution in [2.45, 2.75) is 13.0 Å². The monoisotopic (exact) mass is 389 g/mol. The van der Waals surface area contributed by atoms with E-state index >= 15 is 0 Å². The summed E-state index contributed by atoms with van der Waals surface area (Å²) in [7, 11) is 3.04. The molecule has 0 aliphatic carbocycles. The summed E-state index contributed by atoms with van der Waals surface area (Å²) in [6.45, 7) is 1.91. The predicted octanol–water partition coefficient (Wildman–Crippen LogP) is 4.01. The number of ether oxygens (including phenoxy) is 1. The molecule has 6 nitrogen and oxygen atoms in total. The maximum absolute atomic E-state index is 11.8. The second-order valence-electron chi connectivity index (χ2n) is 6.38. The molecule has 0 fully saturated rings. The normalized spacial score (nSPS) is 12.9. The number of benzene rings is 2. The van der Waals surface area contributed by atoms with Crippen molar-refractivity contribution in [1.29, 1.82) is 0 Å². The Hall–Kier alpha value is -3.67. The molecule has 0 radical (unpaired) electrons. The molecule has 0 saturated carbocycles. The number of carbonyl (C=O) groups excluding carboxylic acids is 1. The van der Waals surface area contributed by atoms with Crippen molar-refractivity contribution in [3.05, 3.63) is 83.6 Å². The number of hydrogen-bond acceptors (Lipinski definition) is 5. The Bertz CT molecular complexity index is 1070. The predicted molar refractivity (Wildman–Crippen MR) is 114 cm³/mol. The van der Waals surface area contributed by atoms with Crippen LogP contribution in [0.4, 0.5) is 0 Å². The van der Waals surface area contributed by atoms with Gasteiger partial charge in [0, 0.05) is 24.2 Å². The van der Waals surface area contributed by atoms with E-state index in [0.717, 1.165) is 10.9 Å². The maximum Gasteiger partial charge on any atom is 0.337 e. The fraction of sp³-hybridized carbons (Fsp3) is 0.174. The molecule has 148 valence electrons. The molecule has 1 heterocycles. The fourth-order valence-electron chi connectivity index (χ4n) is 3.14. The molecule has 6 heteroatoms. The molecule has 0 amide bonds. The van der Waals surface area contributed by atoms with Gasteiger partial charge >= 0.3 is 5.97 Å². The lowest BCUT2D eigenvalue weighted by Crippen LogP contribution is -2.28. The number of aromatic hydroxyl groups is 1. The van der Waals surface area contributed by atoms with E-state index in [-0.39, 0.29) is 5.75 Å². The molecule has 1 unspecified atom stereocenters. The molecule has 0 aliphatic rings. The zero-order valence-electron chi connectivity index (χ0n) is 16.6.